The molecule has 14 aromatic rings. The van der Waals surface area contributed by atoms with Gasteiger partial charge in [0.1, 0.15) is 0 Å². The molecular weight excluding hydrogens is 853 g/mol. The molecule has 10 aromatic carbocycles. The van der Waals surface area contributed by atoms with E-state index in [1.807, 2.05) is 0 Å². The molecular formula is C64H42N6. The molecule has 0 aliphatic rings. The standard InChI is InChI=1S/C64H42N6/c1-5-21-44(22-6-1)64(45-23-7-2-8-24-45,46-25-9-3-10-26-46)47-39-37-43(38-40-47)61-65-62(69-54-33-17-13-29-49(54)50-30-14-18-34-55(50)69)67-63(66-61)70-56-35-19-15-31-51(56)52-41-42-58-59(60(52)70)53-32-16-20-36-57(53)68(58)48-27-11-4-12-28-48/h1-42H. The summed E-state index contributed by atoms with van der Waals surface area (Å²) in [7, 11) is 0. The van der Waals surface area contributed by atoms with Crippen LogP contribution in [0.4, 0.5) is 0 Å². The lowest BCUT2D eigenvalue weighted by Crippen LogP contribution is -2.30. The molecule has 328 valence electrons. The molecule has 0 spiro atoms. The minimum Gasteiger partial charge on any atom is -0.309 e. The Hall–Kier alpha value is -9.39. The van der Waals surface area contributed by atoms with Gasteiger partial charge in [-0.3, -0.25) is 9.13 Å². The molecule has 6 heteroatoms. The second kappa shape index (κ2) is 15.9. The minimum absolute atomic E-state index is 0.536. The SMILES string of the molecule is c1ccc(-n2c3ccccc3c3c2ccc2c4ccccc4n(-c4nc(-c5ccc(C(c6ccccc6)(c6ccccc6)c6ccccc6)cc5)nc(-n5c6ccccc6c6ccccc65)n4)c23)cc1. The van der Waals surface area contributed by atoms with Gasteiger partial charge < -0.3 is 4.57 Å². The van der Waals surface area contributed by atoms with E-state index < -0.39 is 5.41 Å². The van der Waals surface area contributed by atoms with Crippen LogP contribution in [-0.4, -0.2) is 28.7 Å². The zero-order valence-electron chi connectivity index (χ0n) is 37.9. The van der Waals surface area contributed by atoms with Crippen LogP contribution in [0.1, 0.15) is 22.3 Å². The average molecular weight is 895 g/mol. The maximum Gasteiger partial charge on any atom is 0.240 e. The summed E-state index contributed by atoms with van der Waals surface area (Å²) in [6, 6.07) is 90.9. The lowest BCUT2D eigenvalue weighted by molar-refractivity contribution is 0.745. The van der Waals surface area contributed by atoms with Crippen LogP contribution in [0.3, 0.4) is 0 Å². The van der Waals surface area contributed by atoms with Gasteiger partial charge in [-0.2, -0.15) is 15.0 Å². The highest BCUT2D eigenvalue weighted by Crippen LogP contribution is 2.46. The summed E-state index contributed by atoms with van der Waals surface area (Å²) in [4.78, 5) is 16.6. The molecule has 0 fully saturated rings. The zero-order chi connectivity index (χ0) is 46.2. The van der Waals surface area contributed by atoms with Gasteiger partial charge in [0.05, 0.1) is 38.5 Å². The molecule has 0 saturated carbocycles. The highest BCUT2D eigenvalue weighted by Gasteiger charge is 2.38. The highest BCUT2D eigenvalue weighted by molar-refractivity contribution is 6.26. The minimum atomic E-state index is -0.603. The molecule has 0 aliphatic carbocycles. The van der Waals surface area contributed by atoms with E-state index in [9.17, 15) is 0 Å². The predicted molar refractivity (Wildman–Crippen MR) is 287 cm³/mol. The molecule has 14 rings (SSSR count). The predicted octanol–water partition coefficient (Wildman–Crippen LogP) is 15.2. The zero-order valence-corrected chi connectivity index (χ0v) is 37.9. The van der Waals surface area contributed by atoms with Crippen molar-refractivity contribution in [2.24, 2.45) is 0 Å². The number of aromatic nitrogens is 6. The van der Waals surface area contributed by atoms with Crippen LogP contribution < -0.4 is 0 Å². The van der Waals surface area contributed by atoms with Crippen LogP contribution in [0, 0.1) is 0 Å². The van der Waals surface area contributed by atoms with Crippen molar-refractivity contribution in [2.45, 2.75) is 5.41 Å². The summed E-state index contributed by atoms with van der Waals surface area (Å²) in [6.07, 6.45) is 0. The van der Waals surface area contributed by atoms with Crippen LogP contribution in [0.15, 0.2) is 255 Å². The van der Waals surface area contributed by atoms with Gasteiger partial charge in [0.2, 0.25) is 11.9 Å². The summed E-state index contributed by atoms with van der Waals surface area (Å²) in [5.41, 5.74) is 12.4. The fourth-order valence-corrected chi connectivity index (χ4v) is 11.3. The third-order valence-electron chi connectivity index (χ3n) is 14.3. The molecule has 0 radical (unpaired) electrons. The van der Waals surface area contributed by atoms with E-state index in [1.165, 1.54) is 16.7 Å². The monoisotopic (exact) mass is 894 g/mol. The molecule has 6 nitrogen and oxygen atoms in total. The Labute approximate surface area is 403 Å². The van der Waals surface area contributed by atoms with Crippen molar-refractivity contribution in [3.63, 3.8) is 0 Å². The first-order valence-corrected chi connectivity index (χ1v) is 23.8. The fourth-order valence-electron chi connectivity index (χ4n) is 11.3. The number of rotatable bonds is 8. The first-order valence-electron chi connectivity index (χ1n) is 23.8. The third-order valence-corrected chi connectivity index (χ3v) is 14.3. The fraction of sp³-hybridized carbons (Fsp3) is 0.0156. The maximum atomic E-state index is 5.57. The van der Waals surface area contributed by atoms with Crippen molar-refractivity contribution in [2.75, 3.05) is 0 Å². The number of hydrogen-bond donors (Lipinski definition) is 0. The quantitative estimate of drug-likeness (QED) is 0.143. The molecule has 0 bridgehead atoms. The lowest BCUT2D eigenvalue weighted by atomic mass is 9.65. The van der Waals surface area contributed by atoms with Crippen molar-refractivity contribution in [1.29, 1.82) is 0 Å². The summed E-state index contributed by atoms with van der Waals surface area (Å²) < 4.78 is 6.84. The topological polar surface area (TPSA) is 53.5 Å². The first kappa shape index (κ1) is 39.7. The van der Waals surface area contributed by atoms with E-state index >= 15 is 0 Å². The normalized spacial score (nSPS) is 12.0. The molecule has 0 atom stereocenters. The van der Waals surface area contributed by atoms with Crippen LogP contribution >= 0.6 is 0 Å². The second-order valence-corrected chi connectivity index (χ2v) is 18.0. The number of para-hydroxylation sites is 5. The van der Waals surface area contributed by atoms with Gasteiger partial charge in [-0.05, 0) is 64.7 Å². The van der Waals surface area contributed by atoms with Gasteiger partial charge in [0, 0.05) is 43.6 Å². The van der Waals surface area contributed by atoms with E-state index in [4.69, 9.17) is 15.0 Å². The number of fused-ring (bicyclic) bond motifs is 10. The van der Waals surface area contributed by atoms with Crippen molar-refractivity contribution in [1.82, 2.24) is 28.7 Å². The Kier molecular flexibility index (Phi) is 9.01. The van der Waals surface area contributed by atoms with Gasteiger partial charge in [-0.15, -0.1) is 0 Å². The van der Waals surface area contributed by atoms with Crippen molar-refractivity contribution in [3.8, 4) is 29.0 Å². The molecule has 0 amide bonds. The Morgan fingerprint density at radius 3 is 1.20 bits per heavy atom. The number of nitrogens with zero attached hydrogens (tertiary/aromatic N) is 6. The largest absolute Gasteiger partial charge is 0.309 e. The summed E-state index contributed by atoms with van der Waals surface area (Å²) >= 11 is 0. The maximum absolute atomic E-state index is 5.57. The van der Waals surface area contributed by atoms with Gasteiger partial charge >= 0.3 is 0 Å². The van der Waals surface area contributed by atoms with Crippen molar-refractivity contribution >= 4 is 65.4 Å². The highest BCUT2D eigenvalue weighted by atomic mass is 15.3. The van der Waals surface area contributed by atoms with E-state index in [-0.39, 0.29) is 0 Å². The van der Waals surface area contributed by atoms with Crippen molar-refractivity contribution in [3.05, 3.63) is 277 Å². The van der Waals surface area contributed by atoms with E-state index in [2.05, 4.69) is 268 Å². The Balaban J connectivity index is 1.07. The number of hydrogen-bond acceptors (Lipinski definition) is 3. The molecule has 4 aromatic heterocycles. The smallest absolute Gasteiger partial charge is 0.240 e. The van der Waals surface area contributed by atoms with Crippen molar-refractivity contribution < 1.29 is 0 Å². The summed E-state index contributed by atoms with van der Waals surface area (Å²) in [5, 5.41) is 6.82. The van der Waals surface area contributed by atoms with Crippen LogP contribution in [0.5, 0.6) is 0 Å². The molecule has 0 unspecified atom stereocenters. The Morgan fingerprint density at radius 2 is 0.671 bits per heavy atom. The number of benzene rings is 10. The Bertz CT molecular complexity index is 4120. The van der Waals surface area contributed by atoms with Crippen LogP contribution in [0.25, 0.3) is 94.4 Å². The van der Waals surface area contributed by atoms with Gasteiger partial charge in [0.15, 0.2) is 5.82 Å². The Morgan fingerprint density at radius 1 is 0.271 bits per heavy atom. The first-order chi connectivity index (χ1) is 34.8. The van der Waals surface area contributed by atoms with E-state index in [0.29, 0.717) is 17.7 Å². The molecule has 4 heterocycles. The lowest BCUT2D eigenvalue weighted by Gasteiger charge is -2.37. The van der Waals surface area contributed by atoms with Crippen LogP contribution in [0.2, 0.25) is 0 Å². The molecule has 0 aliphatic heterocycles. The van der Waals surface area contributed by atoms with Gasteiger partial charge in [0.25, 0.3) is 0 Å². The van der Waals surface area contributed by atoms with E-state index in [0.717, 1.165) is 82.2 Å². The van der Waals surface area contributed by atoms with Gasteiger partial charge in [-0.25, -0.2) is 0 Å². The third kappa shape index (κ3) is 5.90. The second-order valence-electron chi connectivity index (χ2n) is 18.0. The molecule has 70 heavy (non-hydrogen) atoms. The molecule has 0 saturated heterocycles. The summed E-state index contributed by atoms with van der Waals surface area (Å²) in [5.74, 6) is 1.65. The average Bonchev–Trinajstić information content (AvgIpc) is 4.08. The van der Waals surface area contributed by atoms with Crippen LogP contribution in [-0.2, 0) is 5.41 Å². The molecule has 0 N–H and O–H groups in total. The summed E-state index contributed by atoms with van der Waals surface area (Å²) in [6.45, 7) is 0. The van der Waals surface area contributed by atoms with Gasteiger partial charge in [-0.1, -0.05) is 212 Å². The van der Waals surface area contributed by atoms with E-state index in [1.54, 1.807) is 0 Å².